The molecule has 0 bridgehead atoms. The molecule has 222 valence electrons. The third kappa shape index (κ3) is 5.08. The Labute approximate surface area is 240 Å². The van der Waals surface area contributed by atoms with Crippen LogP contribution in [0.3, 0.4) is 0 Å². The summed E-state index contributed by atoms with van der Waals surface area (Å²) >= 11 is 6.41. The lowest BCUT2D eigenvalue weighted by Gasteiger charge is -2.42. The van der Waals surface area contributed by atoms with Crippen molar-refractivity contribution >= 4 is 35.1 Å². The first kappa shape index (κ1) is 29.4. The molecule has 0 unspecified atom stereocenters. The molecular weight excluding hydrogens is 592 g/mol. The molecule has 15 heteroatoms. The Morgan fingerprint density at radius 3 is 2.10 bits per heavy atom. The van der Waals surface area contributed by atoms with Crippen LogP contribution < -0.4 is 4.90 Å². The van der Waals surface area contributed by atoms with Gasteiger partial charge in [-0.3, -0.25) is 19.4 Å². The number of alkyl halides is 6. The van der Waals surface area contributed by atoms with Gasteiger partial charge in [0.05, 0.1) is 28.4 Å². The van der Waals surface area contributed by atoms with E-state index in [0.717, 1.165) is 9.80 Å². The fraction of sp³-hybridized carbons (Fsp3) is 0.333. The van der Waals surface area contributed by atoms with Gasteiger partial charge in [0.2, 0.25) is 0 Å². The van der Waals surface area contributed by atoms with E-state index in [1.54, 1.807) is 36.0 Å². The molecule has 0 N–H and O–H groups in total. The van der Waals surface area contributed by atoms with Crippen LogP contribution in [0.15, 0.2) is 54.9 Å². The van der Waals surface area contributed by atoms with Gasteiger partial charge in [-0.1, -0.05) is 23.7 Å². The van der Waals surface area contributed by atoms with Crippen molar-refractivity contribution in [3.05, 3.63) is 82.4 Å². The first-order chi connectivity index (χ1) is 19.6. The molecule has 0 aliphatic carbocycles. The summed E-state index contributed by atoms with van der Waals surface area (Å²) in [5.74, 6) is -1.22. The maximum Gasteiger partial charge on any atom is 0.416 e. The minimum atomic E-state index is -5.12. The topological polar surface area (TPSA) is 78.8 Å². The van der Waals surface area contributed by atoms with Gasteiger partial charge in [-0.25, -0.2) is 9.78 Å². The monoisotopic (exact) mass is 613 g/mol. The highest BCUT2D eigenvalue weighted by Gasteiger charge is 2.59. The van der Waals surface area contributed by atoms with Crippen LogP contribution in [0.4, 0.5) is 36.8 Å². The number of carbonyl (C=O) groups excluding carboxylic acids is 3. The standard InChI is InChI=1S/C27H22ClF6N5O3/c1-36-11-8-35-21(36)15-38-23(41)25(39(24(38)42)20-5-3-2-4-19(20)28)6-9-37(10-7-25)22(40)16-12-17(26(29,30)31)14-18(13-16)27(32,33)34/h2-5,8,11-14H,6-7,9-10,15H2,1H3. The number of para-hydroxylation sites is 1. The van der Waals surface area contributed by atoms with Crippen LogP contribution in [0.5, 0.6) is 0 Å². The number of imidazole rings is 1. The molecule has 2 aliphatic rings. The molecular formula is C27H22ClF6N5O3. The van der Waals surface area contributed by atoms with Crippen molar-refractivity contribution in [2.75, 3.05) is 18.0 Å². The summed E-state index contributed by atoms with van der Waals surface area (Å²) in [4.78, 5) is 48.4. The number of likely N-dealkylation sites (tertiary alicyclic amines) is 1. The molecule has 0 saturated carbocycles. The minimum Gasteiger partial charge on any atom is -0.338 e. The minimum absolute atomic E-state index is 0.0531. The van der Waals surface area contributed by atoms with E-state index in [4.69, 9.17) is 11.6 Å². The Balaban J connectivity index is 1.47. The molecule has 8 nitrogen and oxygen atoms in total. The fourth-order valence-corrected chi connectivity index (χ4v) is 5.53. The molecule has 4 amide bonds. The average molecular weight is 614 g/mol. The van der Waals surface area contributed by atoms with E-state index >= 15 is 0 Å². The fourth-order valence-electron chi connectivity index (χ4n) is 5.31. The first-order valence-electron chi connectivity index (χ1n) is 12.6. The van der Waals surface area contributed by atoms with Crippen molar-refractivity contribution in [3.63, 3.8) is 0 Å². The quantitative estimate of drug-likeness (QED) is 0.277. The molecule has 3 heterocycles. The lowest BCUT2D eigenvalue weighted by molar-refractivity contribution is -0.143. The van der Waals surface area contributed by atoms with Gasteiger partial charge in [0, 0.05) is 38.1 Å². The number of carbonyl (C=O) groups is 3. The smallest absolute Gasteiger partial charge is 0.338 e. The van der Waals surface area contributed by atoms with E-state index in [9.17, 15) is 40.7 Å². The predicted octanol–water partition coefficient (Wildman–Crippen LogP) is 5.75. The van der Waals surface area contributed by atoms with Gasteiger partial charge < -0.3 is 9.47 Å². The van der Waals surface area contributed by atoms with Gasteiger partial charge in [0.1, 0.15) is 11.4 Å². The molecule has 0 radical (unpaired) electrons. The van der Waals surface area contributed by atoms with E-state index in [-0.39, 0.29) is 49.3 Å². The molecule has 1 spiro atoms. The number of aryl methyl sites for hydroxylation is 1. The van der Waals surface area contributed by atoms with Crippen LogP contribution in [0, 0.1) is 0 Å². The number of aromatic nitrogens is 2. The molecule has 3 aromatic rings. The molecule has 2 saturated heterocycles. The first-order valence-corrected chi connectivity index (χ1v) is 13.0. The van der Waals surface area contributed by atoms with Crippen LogP contribution in [-0.4, -0.2) is 55.8 Å². The molecule has 0 atom stereocenters. The third-order valence-electron chi connectivity index (χ3n) is 7.52. The van der Waals surface area contributed by atoms with Gasteiger partial charge in [-0.05, 0) is 43.2 Å². The van der Waals surface area contributed by atoms with E-state index in [1.165, 1.54) is 17.2 Å². The number of urea groups is 1. The second-order valence-electron chi connectivity index (χ2n) is 10.0. The summed E-state index contributed by atoms with van der Waals surface area (Å²) < 4.78 is 81.8. The van der Waals surface area contributed by atoms with Crippen molar-refractivity contribution in [3.8, 4) is 0 Å². The molecule has 5 rings (SSSR count). The molecule has 1 aromatic heterocycles. The van der Waals surface area contributed by atoms with Crippen LogP contribution >= 0.6 is 11.6 Å². The molecule has 2 aromatic carbocycles. The highest BCUT2D eigenvalue weighted by Crippen LogP contribution is 2.44. The van der Waals surface area contributed by atoms with Crippen LogP contribution in [0.1, 0.15) is 40.2 Å². The number of rotatable bonds is 4. The van der Waals surface area contributed by atoms with Gasteiger partial charge in [0.25, 0.3) is 11.8 Å². The van der Waals surface area contributed by atoms with E-state index in [2.05, 4.69) is 4.98 Å². The highest BCUT2D eigenvalue weighted by molar-refractivity contribution is 6.34. The SMILES string of the molecule is Cn1ccnc1CN1C(=O)N(c2ccccc2Cl)C2(CCN(C(=O)c3cc(C(F)(F)F)cc(C(F)(F)F)c3)CC2)C1=O. The van der Waals surface area contributed by atoms with E-state index in [0.29, 0.717) is 18.0 Å². The Kier molecular flexibility index (Phi) is 7.24. The zero-order valence-electron chi connectivity index (χ0n) is 21.8. The van der Waals surface area contributed by atoms with Gasteiger partial charge in [0.15, 0.2) is 0 Å². The zero-order valence-corrected chi connectivity index (χ0v) is 22.6. The van der Waals surface area contributed by atoms with Crippen molar-refractivity contribution in [2.45, 2.75) is 37.3 Å². The van der Waals surface area contributed by atoms with Gasteiger partial charge in [-0.15, -0.1) is 0 Å². The maximum atomic E-state index is 13.9. The lowest BCUT2D eigenvalue weighted by atomic mass is 9.85. The predicted molar refractivity (Wildman–Crippen MR) is 137 cm³/mol. The number of imide groups is 1. The Bertz CT molecular complexity index is 1530. The number of benzene rings is 2. The van der Waals surface area contributed by atoms with Crippen LogP contribution in [0.25, 0.3) is 0 Å². The van der Waals surface area contributed by atoms with Crippen molar-refractivity contribution < 1.29 is 40.7 Å². The second kappa shape index (κ2) is 10.3. The summed E-state index contributed by atoms with van der Waals surface area (Å²) in [6.07, 6.45) is -7.38. The summed E-state index contributed by atoms with van der Waals surface area (Å²) in [5.41, 5.74) is -5.27. The van der Waals surface area contributed by atoms with Gasteiger partial charge in [-0.2, -0.15) is 26.3 Å². The summed E-state index contributed by atoms with van der Waals surface area (Å²) in [7, 11) is 1.69. The Morgan fingerprint density at radius 2 is 1.57 bits per heavy atom. The van der Waals surface area contributed by atoms with E-state index in [1.807, 2.05) is 0 Å². The molecule has 2 aliphatic heterocycles. The normalized spacial score (nSPS) is 17.5. The number of hydrogen-bond donors (Lipinski definition) is 0. The summed E-state index contributed by atoms with van der Waals surface area (Å²) in [6.45, 7) is -0.615. The Morgan fingerprint density at radius 1 is 0.976 bits per heavy atom. The number of halogens is 7. The highest BCUT2D eigenvalue weighted by atomic mass is 35.5. The number of piperidine rings is 1. The summed E-state index contributed by atoms with van der Waals surface area (Å²) in [6, 6.07) is 6.36. The maximum absolute atomic E-state index is 13.9. The third-order valence-corrected chi connectivity index (χ3v) is 7.84. The Hall–Kier alpha value is -4.07. The second-order valence-corrected chi connectivity index (χ2v) is 10.4. The number of hydrogen-bond acceptors (Lipinski definition) is 4. The number of amides is 4. The van der Waals surface area contributed by atoms with E-state index < -0.39 is 52.4 Å². The van der Waals surface area contributed by atoms with Crippen molar-refractivity contribution in [2.24, 2.45) is 7.05 Å². The number of anilines is 1. The van der Waals surface area contributed by atoms with Crippen LogP contribution in [0.2, 0.25) is 5.02 Å². The largest absolute Gasteiger partial charge is 0.416 e. The zero-order chi connectivity index (χ0) is 30.6. The number of nitrogens with zero attached hydrogens (tertiary/aromatic N) is 5. The molecule has 42 heavy (non-hydrogen) atoms. The lowest BCUT2D eigenvalue weighted by Crippen LogP contribution is -2.57. The summed E-state index contributed by atoms with van der Waals surface area (Å²) in [5, 5.41) is 0.180. The average Bonchev–Trinajstić information content (AvgIpc) is 3.42. The van der Waals surface area contributed by atoms with Crippen molar-refractivity contribution in [1.29, 1.82) is 0 Å². The van der Waals surface area contributed by atoms with Crippen LogP contribution in [-0.2, 0) is 30.7 Å². The molecule has 2 fully saturated rings. The van der Waals surface area contributed by atoms with Gasteiger partial charge >= 0.3 is 18.4 Å². The van der Waals surface area contributed by atoms with Crippen molar-refractivity contribution in [1.82, 2.24) is 19.4 Å².